The van der Waals surface area contributed by atoms with Crippen LogP contribution in [-0.4, -0.2) is 52.1 Å². The number of hydrogen-bond acceptors (Lipinski definition) is 5. The van der Waals surface area contributed by atoms with Gasteiger partial charge < -0.3 is 15.3 Å². The Morgan fingerprint density at radius 1 is 0.774 bits per heavy atom. The molecule has 0 bridgehead atoms. The van der Waals surface area contributed by atoms with Crippen molar-refractivity contribution < 1.29 is 37.9 Å². The van der Waals surface area contributed by atoms with Crippen molar-refractivity contribution in [1.29, 1.82) is 0 Å². The molecule has 4 N–H and O–H groups in total. The molecule has 1 atom stereocenters. The summed E-state index contributed by atoms with van der Waals surface area (Å²) < 4.78 is 28.7. The van der Waals surface area contributed by atoms with E-state index in [9.17, 15) is 18.0 Å². The molecule has 0 aromatic heterocycles. The van der Waals surface area contributed by atoms with E-state index in [0.29, 0.717) is 6.61 Å². The summed E-state index contributed by atoms with van der Waals surface area (Å²) in [6.45, 7) is 2.64. The zero-order valence-electron chi connectivity index (χ0n) is 18.9. The third-order valence-electron chi connectivity index (χ3n) is 4.66. The molecule has 31 heavy (non-hydrogen) atoms. The fourth-order valence-electron chi connectivity index (χ4n) is 2.84. The van der Waals surface area contributed by atoms with E-state index in [1.807, 2.05) is 0 Å². The van der Waals surface area contributed by atoms with Gasteiger partial charge in [-0.15, -0.1) is 0 Å². The standard InChI is InChI=1S/C18H36O.C4H6O7S/c1-2-3-4-5-6-7-8-9-10-11-12-13-14-15-16-17-18-19;5-3(6)1-2(4(7)8)12(9,10)11/h9-10,19H,2-8,11-18H2,1H3;2H,1H2,(H,5,6)(H,7,8)(H,9,10,11)/b10-9-;. The average molecular weight is 467 g/mol. The lowest BCUT2D eigenvalue weighted by Gasteiger charge is -2.04. The molecule has 0 aromatic rings. The van der Waals surface area contributed by atoms with Crippen LogP contribution in [-0.2, 0) is 19.7 Å². The topological polar surface area (TPSA) is 149 Å². The van der Waals surface area contributed by atoms with Gasteiger partial charge in [0.1, 0.15) is 0 Å². The van der Waals surface area contributed by atoms with E-state index < -0.39 is 33.7 Å². The molecular weight excluding hydrogens is 424 g/mol. The molecule has 0 radical (unpaired) electrons. The van der Waals surface area contributed by atoms with E-state index in [2.05, 4.69) is 19.1 Å². The molecule has 1 unspecified atom stereocenters. The number of carboxylic acids is 2. The molecule has 0 aliphatic carbocycles. The van der Waals surface area contributed by atoms with Gasteiger partial charge in [-0.3, -0.25) is 14.1 Å². The number of aliphatic carboxylic acids is 2. The summed E-state index contributed by atoms with van der Waals surface area (Å²) in [6.07, 6.45) is 22.0. The third-order valence-corrected chi connectivity index (χ3v) is 5.75. The van der Waals surface area contributed by atoms with Gasteiger partial charge in [-0.25, -0.2) is 0 Å². The van der Waals surface area contributed by atoms with Crippen LogP contribution in [0.3, 0.4) is 0 Å². The fourth-order valence-corrected chi connectivity index (χ4v) is 3.45. The van der Waals surface area contributed by atoms with Crippen molar-refractivity contribution in [2.24, 2.45) is 0 Å². The highest BCUT2D eigenvalue weighted by Crippen LogP contribution is 2.09. The summed E-state index contributed by atoms with van der Waals surface area (Å²) >= 11 is 0. The smallest absolute Gasteiger partial charge is 0.325 e. The van der Waals surface area contributed by atoms with Crippen LogP contribution < -0.4 is 0 Å². The number of allylic oxidation sites excluding steroid dienone is 2. The normalized spacial score (nSPS) is 12.4. The van der Waals surface area contributed by atoms with E-state index in [1.54, 1.807) is 0 Å². The third kappa shape index (κ3) is 24.7. The molecular formula is C22H42O8S. The highest BCUT2D eigenvalue weighted by Gasteiger charge is 2.33. The molecule has 0 saturated carbocycles. The highest BCUT2D eigenvalue weighted by atomic mass is 32.2. The first-order chi connectivity index (χ1) is 14.7. The van der Waals surface area contributed by atoms with E-state index in [4.69, 9.17) is 19.9 Å². The molecule has 0 aliphatic heterocycles. The Labute approximate surface area is 187 Å². The van der Waals surface area contributed by atoms with E-state index in [-0.39, 0.29) is 0 Å². The molecule has 184 valence electrons. The first kappa shape index (κ1) is 31.7. The maximum Gasteiger partial charge on any atom is 0.325 e. The molecule has 0 fully saturated rings. The van der Waals surface area contributed by atoms with Crippen molar-refractivity contribution in [2.75, 3.05) is 6.61 Å². The molecule has 0 amide bonds. The number of rotatable bonds is 19. The van der Waals surface area contributed by atoms with Gasteiger partial charge in [-0.05, 0) is 32.1 Å². The number of carboxylic acid groups (broad SMARTS) is 2. The van der Waals surface area contributed by atoms with Crippen LogP contribution in [0.1, 0.15) is 103 Å². The van der Waals surface area contributed by atoms with Crippen LogP contribution in [0.5, 0.6) is 0 Å². The minimum absolute atomic E-state index is 0.362. The SMILES string of the molecule is CCCCCCCC/C=C\CCCCCCCCO.O=C(O)CC(C(=O)O)S(=O)(=O)O. The maximum atomic E-state index is 10.2. The summed E-state index contributed by atoms with van der Waals surface area (Å²) in [5.74, 6) is -3.50. The van der Waals surface area contributed by atoms with Gasteiger partial charge in [-0.1, -0.05) is 76.9 Å². The molecule has 0 aromatic carbocycles. The highest BCUT2D eigenvalue weighted by molar-refractivity contribution is 7.87. The molecule has 0 saturated heterocycles. The number of unbranched alkanes of at least 4 members (excludes halogenated alkanes) is 12. The minimum Gasteiger partial charge on any atom is -0.481 e. The molecule has 0 heterocycles. The van der Waals surface area contributed by atoms with Crippen LogP contribution in [0.25, 0.3) is 0 Å². The Morgan fingerprint density at radius 3 is 1.52 bits per heavy atom. The van der Waals surface area contributed by atoms with Crippen molar-refractivity contribution >= 4 is 22.1 Å². The Kier molecular flexibility index (Phi) is 22.3. The average Bonchev–Trinajstić information content (AvgIpc) is 2.68. The Hall–Kier alpha value is -1.45. The van der Waals surface area contributed by atoms with Gasteiger partial charge in [0, 0.05) is 6.61 Å². The van der Waals surface area contributed by atoms with Crippen LogP contribution in [0.15, 0.2) is 12.2 Å². The number of aliphatic hydroxyl groups is 1. The van der Waals surface area contributed by atoms with E-state index in [1.165, 1.54) is 83.5 Å². The predicted molar refractivity (Wildman–Crippen MR) is 122 cm³/mol. The van der Waals surface area contributed by atoms with E-state index in [0.717, 1.165) is 6.42 Å². The molecule has 0 aliphatic rings. The lowest BCUT2D eigenvalue weighted by atomic mass is 10.1. The van der Waals surface area contributed by atoms with Crippen molar-refractivity contribution in [1.82, 2.24) is 0 Å². The monoisotopic (exact) mass is 466 g/mol. The van der Waals surface area contributed by atoms with Gasteiger partial charge >= 0.3 is 11.9 Å². The summed E-state index contributed by atoms with van der Waals surface area (Å²) in [4.78, 5) is 20.0. The quantitative estimate of drug-likeness (QED) is 0.120. The zero-order valence-corrected chi connectivity index (χ0v) is 19.7. The van der Waals surface area contributed by atoms with Crippen molar-refractivity contribution in [3.05, 3.63) is 12.2 Å². The first-order valence-electron chi connectivity index (χ1n) is 11.3. The van der Waals surface area contributed by atoms with Gasteiger partial charge in [0.2, 0.25) is 0 Å². The fraction of sp³-hybridized carbons (Fsp3) is 0.818. The van der Waals surface area contributed by atoms with Gasteiger partial charge in [0.05, 0.1) is 6.42 Å². The number of aliphatic hydroxyl groups excluding tert-OH is 1. The molecule has 0 rings (SSSR count). The molecule has 9 heteroatoms. The van der Waals surface area contributed by atoms with Crippen molar-refractivity contribution in [2.45, 2.75) is 108 Å². The molecule has 8 nitrogen and oxygen atoms in total. The summed E-state index contributed by atoms with van der Waals surface area (Å²) in [5, 5.41) is 22.6. The maximum absolute atomic E-state index is 10.2. The first-order valence-corrected chi connectivity index (χ1v) is 12.8. The van der Waals surface area contributed by atoms with Crippen molar-refractivity contribution in [3.63, 3.8) is 0 Å². The van der Waals surface area contributed by atoms with Gasteiger partial charge in [0.25, 0.3) is 10.1 Å². The second-order valence-electron chi connectivity index (χ2n) is 7.60. The van der Waals surface area contributed by atoms with Crippen LogP contribution >= 0.6 is 0 Å². The van der Waals surface area contributed by atoms with Crippen molar-refractivity contribution in [3.8, 4) is 0 Å². The number of hydrogen-bond donors (Lipinski definition) is 4. The Morgan fingerprint density at radius 2 is 1.19 bits per heavy atom. The van der Waals surface area contributed by atoms with Gasteiger partial charge in [-0.2, -0.15) is 8.42 Å². The molecule has 0 spiro atoms. The van der Waals surface area contributed by atoms with Crippen LogP contribution in [0.4, 0.5) is 0 Å². The van der Waals surface area contributed by atoms with Gasteiger partial charge in [0.15, 0.2) is 5.25 Å². The van der Waals surface area contributed by atoms with Crippen LogP contribution in [0.2, 0.25) is 0 Å². The largest absolute Gasteiger partial charge is 0.481 e. The summed E-state index contributed by atoms with van der Waals surface area (Å²) in [5.41, 5.74) is 0. The minimum atomic E-state index is -4.84. The summed E-state index contributed by atoms with van der Waals surface area (Å²) in [6, 6.07) is 0. The Bertz CT molecular complexity index is 572. The van der Waals surface area contributed by atoms with Crippen LogP contribution in [0, 0.1) is 0 Å². The summed E-state index contributed by atoms with van der Waals surface area (Å²) in [7, 11) is -4.84. The lowest BCUT2D eigenvalue weighted by Crippen LogP contribution is -2.31. The lowest BCUT2D eigenvalue weighted by molar-refractivity contribution is -0.143. The Balaban J connectivity index is 0. The number of carbonyl (C=O) groups is 2. The zero-order chi connectivity index (χ0) is 24.0. The second-order valence-corrected chi connectivity index (χ2v) is 9.20. The second kappa shape index (κ2) is 21.8. The predicted octanol–water partition coefficient (Wildman–Crippen LogP) is 4.82. The van der Waals surface area contributed by atoms with E-state index >= 15 is 0 Å².